The van der Waals surface area contributed by atoms with Gasteiger partial charge in [0.05, 0.1) is 24.4 Å². The van der Waals surface area contributed by atoms with E-state index in [4.69, 9.17) is 14.2 Å². The fourth-order valence-electron chi connectivity index (χ4n) is 6.55. The Labute approximate surface area is 278 Å². The lowest BCUT2D eigenvalue weighted by molar-refractivity contribution is -0.128. The maximum absolute atomic E-state index is 13.5. The quantitative estimate of drug-likeness (QED) is 0.181. The smallest absolute Gasteiger partial charge is 0.407 e. The molecule has 46 heavy (non-hydrogen) atoms. The summed E-state index contributed by atoms with van der Waals surface area (Å²) in [6.45, 7) is 17.0. The molecule has 1 fully saturated rings. The SMILES string of the molecule is COCCCN1CCOc2ccc(C[C@@H](C[C@H](NC(=O)OC(C)(C)C)[C@@H](O)C[C@H](C(=O)NC3CC[CH]CC3)C(C)C)C(C)C)cc21. The second-order valence-electron chi connectivity index (χ2n) is 15.0. The number of aliphatic hydroxyl groups is 1. The molecule has 4 atom stereocenters. The summed E-state index contributed by atoms with van der Waals surface area (Å²) in [5.74, 6) is 1.00. The lowest BCUT2D eigenvalue weighted by Gasteiger charge is -2.34. The van der Waals surface area contributed by atoms with Crippen LogP contribution >= 0.6 is 0 Å². The van der Waals surface area contributed by atoms with Crippen molar-refractivity contribution in [1.29, 1.82) is 0 Å². The standard InChI is InChI=1S/C37H62N3O6/c1-25(2)28(21-27-15-16-34-32(22-27)40(18-20-45-34)17-12-19-44-8)23-31(39-36(43)46-37(5,6)7)33(41)24-30(26(3)4)35(42)38-29-13-10-9-11-14-29/h9,15-16,22,25-26,28-31,33,41H,10-14,17-21,23-24H2,1-8H3,(H,38,42)(H,39,43)/t28-,30-,31-,33-/m0/s1. The number of amides is 2. The second kappa shape index (κ2) is 18.1. The van der Waals surface area contributed by atoms with Crippen molar-refractivity contribution in [2.75, 3.05) is 38.3 Å². The van der Waals surface area contributed by atoms with Crippen LogP contribution in [0.15, 0.2) is 18.2 Å². The largest absolute Gasteiger partial charge is 0.490 e. The Morgan fingerprint density at radius 2 is 1.80 bits per heavy atom. The number of anilines is 1. The molecule has 1 aromatic carbocycles. The molecule has 9 heteroatoms. The molecule has 1 saturated carbocycles. The van der Waals surface area contributed by atoms with Crippen molar-refractivity contribution >= 4 is 17.7 Å². The highest BCUT2D eigenvalue weighted by Gasteiger charge is 2.34. The molecule has 1 heterocycles. The van der Waals surface area contributed by atoms with Gasteiger partial charge in [-0.25, -0.2) is 4.79 Å². The maximum atomic E-state index is 13.5. The topological polar surface area (TPSA) is 109 Å². The number of ether oxygens (including phenoxy) is 3. The van der Waals surface area contributed by atoms with Gasteiger partial charge in [0.1, 0.15) is 18.0 Å². The normalized spacial score (nSPS) is 18.4. The Morgan fingerprint density at radius 3 is 2.43 bits per heavy atom. The van der Waals surface area contributed by atoms with E-state index in [2.05, 4.69) is 54.0 Å². The van der Waals surface area contributed by atoms with Gasteiger partial charge < -0.3 is 34.9 Å². The van der Waals surface area contributed by atoms with Crippen molar-refractivity contribution in [1.82, 2.24) is 10.6 Å². The van der Waals surface area contributed by atoms with Gasteiger partial charge in [-0.1, -0.05) is 33.8 Å². The molecule has 1 aliphatic heterocycles. The molecule has 0 spiro atoms. The number of fused-ring (bicyclic) bond motifs is 1. The van der Waals surface area contributed by atoms with Gasteiger partial charge in [0.2, 0.25) is 5.91 Å². The fraction of sp³-hybridized carbons (Fsp3) is 0.757. The molecule has 0 aromatic heterocycles. The van der Waals surface area contributed by atoms with Crippen LogP contribution in [0, 0.1) is 30.1 Å². The number of alkyl carbamates (subject to hydrolysis) is 1. The number of nitrogens with zero attached hydrogens (tertiary/aromatic N) is 1. The summed E-state index contributed by atoms with van der Waals surface area (Å²) in [5.41, 5.74) is 1.62. The Balaban J connectivity index is 1.79. The molecule has 0 unspecified atom stereocenters. The molecule has 1 aliphatic carbocycles. The fourth-order valence-corrected chi connectivity index (χ4v) is 6.55. The molecule has 3 rings (SSSR count). The zero-order valence-electron chi connectivity index (χ0n) is 29.8. The molecule has 0 saturated heterocycles. The third-order valence-electron chi connectivity index (χ3n) is 9.35. The van der Waals surface area contributed by atoms with Gasteiger partial charge in [-0.05, 0) is 114 Å². The number of hydrogen-bond donors (Lipinski definition) is 3. The lowest BCUT2D eigenvalue weighted by Crippen LogP contribution is -2.49. The summed E-state index contributed by atoms with van der Waals surface area (Å²) < 4.78 is 16.9. The highest BCUT2D eigenvalue weighted by Crippen LogP contribution is 2.35. The van der Waals surface area contributed by atoms with E-state index in [1.807, 2.05) is 34.6 Å². The first-order valence-electron chi connectivity index (χ1n) is 17.6. The van der Waals surface area contributed by atoms with Crippen LogP contribution in [0.4, 0.5) is 10.5 Å². The molecule has 2 aliphatic rings. The van der Waals surface area contributed by atoms with Crippen molar-refractivity contribution < 1.29 is 28.9 Å². The third-order valence-corrected chi connectivity index (χ3v) is 9.35. The number of carbonyl (C=O) groups excluding carboxylic acids is 2. The van der Waals surface area contributed by atoms with Crippen LogP contribution in [0.25, 0.3) is 0 Å². The van der Waals surface area contributed by atoms with Crippen LogP contribution in [0.5, 0.6) is 5.75 Å². The van der Waals surface area contributed by atoms with E-state index in [-0.39, 0.29) is 42.0 Å². The maximum Gasteiger partial charge on any atom is 0.407 e. The molecule has 1 radical (unpaired) electrons. The van der Waals surface area contributed by atoms with E-state index in [0.29, 0.717) is 13.0 Å². The predicted octanol–water partition coefficient (Wildman–Crippen LogP) is 6.31. The Kier molecular flexibility index (Phi) is 15.0. The first-order chi connectivity index (χ1) is 21.8. The predicted molar refractivity (Wildman–Crippen MR) is 184 cm³/mol. The zero-order valence-corrected chi connectivity index (χ0v) is 29.8. The van der Waals surface area contributed by atoms with E-state index < -0.39 is 23.8 Å². The minimum atomic E-state index is -0.917. The van der Waals surface area contributed by atoms with Crippen LogP contribution in [-0.2, 0) is 20.7 Å². The summed E-state index contributed by atoms with van der Waals surface area (Å²) in [6.07, 6.45) is 7.29. The summed E-state index contributed by atoms with van der Waals surface area (Å²) in [5, 5.41) is 18.0. The van der Waals surface area contributed by atoms with Crippen LogP contribution < -0.4 is 20.3 Å². The minimum absolute atomic E-state index is 0.0105. The Hall–Kier alpha value is -2.52. The summed E-state index contributed by atoms with van der Waals surface area (Å²) in [4.78, 5) is 28.9. The highest BCUT2D eigenvalue weighted by molar-refractivity contribution is 5.79. The number of rotatable bonds is 16. The van der Waals surface area contributed by atoms with Crippen molar-refractivity contribution in [2.45, 2.75) is 124 Å². The number of methoxy groups -OCH3 is 1. The molecule has 261 valence electrons. The number of aliphatic hydroxyl groups excluding tert-OH is 1. The summed E-state index contributed by atoms with van der Waals surface area (Å²) in [6, 6.07) is 6.01. The van der Waals surface area contributed by atoms with E-state index in [9.17, 15) is 14.7 Å². The highest BCUT2D eigenvalue weighted by atomic mass is 16.6. The first-order valence-corrected chi connectivity index (χ1v) is 17.6. The molecular formula is C37H62N3O6. The third kappa shape index (κ3) is 12.3. The van der Waals surface area contributed by atoms with Gasteiger partial charge in [0.15, 0.2) is 0 Å². The number of hydrogen-bond acceptors (Lipinski definition) is 7. The molecule has 2 amide bonds. The van der Waals surface area contributed by atoms with Gasteiger partial charge in [-0.15, -0.1) is 0 Å². The molecule has 3 N–H and O–H groups in total. The number of benzene rings is 1. The van der Waals surface area contributed by atoms with Gasteiger partial charge >= 0.3 is 6.09 Å². The van der Waals surface area contributed by atoms with Crippen LogP contribution in [0.1, 0.15) is 99.0 Å². The van der Waals surface area contributed by atoms with E-state index in [1.165, 1.54) is 5.56 Å². The van der Waals surface area contributed by atoms with E-state index in [0.717, 1.165) is 69.7 Å². The van der Waals surface area contributed by atoms with Crippen molar-refractivity contribution in [2.24, 2.45) is 23.7 Å². The van der Waals surface area contributed by atoms with Crippen molar-refractivity contribution in [3.63, 3.8) is 0 Å². The molecular weight excluding hydrogens is 582 g/mol. The average molecular weight is 645 g/mol. The van der Waals surface area contributed by atoms with E-state index >= 15 is 0 Å². The van der Waals surface area contributed by atoms with Crippen molar-refractivity contribution in [3.05, 3.63) is 30.2 Å². The van der Waals surface area contributed by atoms with Crippen LogP contribution in [0.2, 0.25) is 0 Å². The monoisotopic (exact) mass is 644 g/mol. The Morgan fingerprint density at radius 1 is 1.09 bits per heavy atom. The Bertz CT molecular complexity index is 1080. The van der Waals surface area contributed by atoms with E-state index in [1.54, 1.807) is 7.11 Å². The van der Waals surface area contributed by atoms with Gasteiger partial charge in [-0.2, -0.15) is 0 Å². The molecule has 0 bridgehead atoms. The number of nitrogens with one attached hydrogen (secondary N) is 2. The zero-order chi connectivity index (χ0) is 33.9. The lowest BCUT2D eigenvalue weighted by atomic mass is 9.80. The summed E-state index contributed by atoms with van der Waals surface area (Å²) >= 11 is 0. The minimum Gasteiger partial charge on any atom is -0.490 e. The number of carbonyl (C=O) groups is 2. The second-order valence-corrected chi connectivity index (χ2v) is 15.0. The van der Waals surface area contributed by atoms with Crippen molar-refractivity contribution in [3.8, 4) is 5.75 Å². The van der Waals surface area contributed by atoms with Gasteiger partial charge in [0, 0.05) is 32.2 Å². The average Bonchev–Trinajstić information content (AvgIpc) is 2.98. The van der Waals surface area contributed by atoms with Gasteiger partial charge in [0.25, 0.3) is 0 Å². The first kappa shape index (κ1) is 37.9. The summed E-state index contributed by atoms with van der Waals surface area (Å²) in [7, 11) is 1.73. The molecule has 1 aromatic rings. The molecule has 9 nitrogen and oxygen atoms in total. The van der Waals surface area contributed by atoms with Gasteiger partial charge in [-0.3, -0.25) is 4.79 Å². The van der Waals surface area contributed by atoms with Crippen LogP contribution in [-0.4, -0.2) is 74.3 Å². The van der Waals surface area contributed by atoms with Crippen LogP contribution in [0.3, 0.4) is 0 Å².